The Balaban J connectivity index is 2.12. The normalized spacial score (nSPS) is 11.5. The van der Waals surface area contributed by atoms with E-state index in [0.717, 1.165) is 13.1 Å². The first-order valence-corrected chi connectivity index (χ1v) is 9.51. The Morgan fingerprint density at radius 3 is 2.25 bits per heavy atom. The van der Waals surface area contributed by atoms with Crippen LogP contribution in [-0.4, -0.2) is 15.1 Å². The van der Waals surface area contributed by atoms with E-state index in [2.05, 4.69) is 0 Å². The van der Waals surface area contributed by atoms with Crippen LogP contribution in [-0.2, 0) is 13.2 Å². The number of benzene rings is 2. The zero-order valence-electron chi connectivity index (χ0n) is 15.6. The molecule has 0 unspecified atom stereocenters. The van der Waals surface area contributed by atoms with Gasteiger partial charge in [0, 0.05) is 24.2 Å². The van der Waals surface area contributed by atoms with Crippen molar-refractivity contribution in [3.05, 3.63) is 89.4 Å². The van der Waals surface area contributed by atoms with E-state index in [1.54, 1.807) is 0 Å². The number of halogens is 7. The molecule has 3 aromatic rings. The first-order valence-electron chi connectivity index (χ1n) is 8.38. The number of hydrogen-bond donors (Lipinski definition) is 0. The molecule has 2 aromatic carbocycles. The highest BCUT2D eigenvalue weighted by Gasteiger charge is 2.35. The van der Waals surface area contributed by atoms with Gasteiger partial charge in [0.1, 0.15) is 11.5 Å². The Hall–Kier alpha value is -2.82. The molecule has 32 heavy (non-hydrogen) atoms. The summed E-state index contributed by atoms with van der Waals surface area (Å²) in [6.07, 6.45) is -5.00. The van der Waals surface area contributed by atoms with Crippen LogP contribution in [0.4, 0.5) is 17.6 Å². The lowest BCUT2D eigenvalue weighted by Crippen LogP contribution is -2.41. The maximum atomic E-state index is 14.5. The maximum absolute atomic E-state index is 14.5. The summed E-state index contributed by atoms with van der Waals surface area (Å²) < 4.78 is 59.0. The van der Waals surface area contributed by atoms with Gasteiger partial charge in [-0.25, -0.2) is 18.5 Å². The Morgan fingerprint density at radius 1 is 1.00 bits per heavy atom. The van der Waals surface area contributed by atoms with Crippen molar-refractivity contribution in [2.45, 2.75) is 6.18 Å². The summed E-state index contributed by atoms with van der Waals surface area (Å²) >= 11 is 17.6. The minimum atomic E-state index is -5.00. The molecule has 0 fully saturated rings. The van der Waals surface area contributed by atoms with Crippen molar-refractivity contribution < 1.29 is 27.1 Å². The maximum Gasteiger partial charge on any atom is 0.431 e. The second kappa shape index (κ2) is 8.61. The van der Waals surface area contributed by atoms with Crippen molar-refractivity contribution in [2.75, 3.05) is 0 Å². The van der Waals surface area contributed by atoms with Gasteiger partial charge in [-0.15, -0.1) is 0 Å². The second-order valence-corrected chi connectivity index (χ2v) is 7.54. The van der Waals surface area contributed by atoms with Gasteiger partial charge in [0.15, 0.2) is 5.75 Å². The monoisotopic (exact) mass is 510 g/mol. The summed E-state index contributed by atoms with van der Waals surface area (Å²) in [5.41, 5.74) is -5.37. The summed E-state index contributed by atoms with van der Waals surface area (Å²) in [7, 11) is 0.762. The lowest BCUT2D eigenvalue weighted by molar-refractivity contribution is -0.144. The molecule has 168 valence electrons. The first kappa shape index (κ1) is 23.8. The number of ether oxygens (including phenoxy) is 1. The molecule has 0 aliphatic carbocycles. The van der Waals surface area contributed by atoms with E-state index in [4.69, 9.17) is 39.5 Å². The van der Waals surface area contributed by atoms with Crippen molar-refractivity contribution in [2.24, 2.45) is 7.05 Å². The SMILES string of the molecule is Cn1c(C(F)(F)F)cc(=O)n(-c2cc(OC(=O)c3ccc(Cl)cc3Cl)c(Cl)cc2F)c1=O. The van der Waals surface area contributed by atoms with E-state index in [0.29, 0.717) is 6.07 Å². The molecular formula is C19H9Cl3F4N2O4. The number of aromatic nitrogens is 2. The predicted molar refractivity (Wildman–Crippen MR) is 109 cm³/mol. The molecule has 6 nitrogen and oxygen atoms in total. The Morgan fingerprint density at radius 2 is 1.66 bits per heavy atom. The van der Waals surface area contributed by atoms with Gasteiger partial charge in [-0.3, -0.25) is 9.36 Å². The summed E-state index contributed by atoms with van der Waals surface area (Å²) in [4.78, 5) is 37.1. The average molecular weight is 512 g/mol. The van der Waals surface area contributed by atoms with E-state index in [1.807, 2.05) is 0 Å². The fourth-order valence-corrected chi connectivity index (χ4v) is 3.37. The molecule has 0 radical (unpaired) electrons. The second-order valence-electron chi connectivity index (χ2n) is 6.29. The Kier molecular flexibility index (Phi) is 6.41. The predicted octanol–water partition coefficient (Wildman–Crippen LogP) is 4.87. The highest BCUT2D eigenvalue weighted by molar-refractivity contribution is 6.36. The van der Waals surface area contributed by atoms with E-state index >= 15 is 0 Å². The van der Waals surface area contributed by atoms with Gasteiger partial charge in [0.2, 0.25) is 0 Å². The summed E-state index contributed by atoms with van der Waals surface area (Å²) in [5, 5.41) is -0.235. The third-order valence-electron chi connectivity index (χ3n) is 4.21. The highest BCUT2D eigenvalue weighted by atomic mass is 35.5. The largest absolute Gasteiger partial charge is 0.431 e. The van der Waals surface area contributed by atoms with Crippen LogP contribution >= 0.6 is 34.8 Å². The van der Waals surface area contributed by atoms with Crippen molar-refractivity contribution in [3.8, 4) is 11.4 Å². The minimum Gasteiger partial charge on any atom is -0.421 e. The molecule has 3 rings (SSSR count). The number of carbonyl (C=O) groups is 1. The Labute approximate surface area is 191 Å². The highest BCUT2D eigenvalue weighted by Crippen LogP contribution is 2.31. The molecule has 0 spiro atoms. The van der Waals surface area contributed by atoms with Crippen LogP contribution < -0.4 is 16.0 Å². The van der Waals surface area contributed by atoms with Gasteiger partial charge in [-0.05, 0) is 24.3 Å². The summed E-state index contributed by atoms with van der Waals surface area (Å²) in [6, 6.07) is 5.37. The molecule has 1 aromatic heterocycles. The van der Waals surface area contributed by atoms with Gasteiger partial charge < -0.3 is 4.74 Å². The minimum absolute atomic E-state index is 0.0613. The third kappa shape index (κ3) is 4.52. The van der Waals surface area contributed by atoms with Crippen LogP contribution in [0.3, 0.4) is 0 Å². The third-order valence-corrected chi connectivity index (χ3v) is 5.05. The number of rotatable bonds is 3. The quantitative estimate of drug-likeness (QED) is 0.286. The summed E-state index contributed by atoms with van der Waals surface area (Å²) in [6.45, 7) is 0. The fourth-order valence-electron chi connectivity index (χ4n) is 2.70. The standard InChI is InChI=1S/C19H9Cl3F4N2O4/c1-27-15(19(24,25)26)7-16(29)28(18(27)31)13-6-14(11(22)5-12(13)23)32-17(30)9-3-2-8(20)4-10(9)21/h2-7H,1H3. The molecule has 13 heteroatoms. The smallest absolute Gasteiger partial charge is 0.421 e. The summed E-state index contributed by atoms with van der Waals surface area (Å²) in [5.74, 6) is -2.73. The first-order chi connectivity index (χ1) is 14.8. The van der Waals surface area contributed by atoms with Crippen LogP contribution in [0, 0.1) is 5.82 Å². The zero-order valence-corrected chi connectivity index (χ0v) is 17.9. The van der Waals surface area contributed by atoms with Gasteiger partial charge in [-0.1, -0.05) is 34.8 Å². The lowest BCUT2D eigenvalue weighted by Gasteiger charge is -2.15. The topological polar surface area (TPSA) is 70.3 Å². The fraction of sp³-hybridized carbons (Fsp3) is 0.105. The molecule has 0 aliphatic heterocycles. The van der Waals surface area contributed by atoms with Crippen LogP contribution in [0.5, 0.6) is 5.75 Å². The van der Waals surface area contributed by atoms with E-state index in [9.17, 15) is 31.9 Å². The molecule has 0 aliphatic rings. The number of esters is 1. The van der Waals surface area contributed by atoms with Crippen molar-refractivity contribution >= 4 is 40.8 Å². The number of alkyl halides is 3. The zero-order chi connectivity index (χ0) is 24.0. The van der Waals surface area contributed by atoms with Crippen molar-refractivity contribution in [3.63, 3.8) is 0 Å². The average Bonchev–Trinajstić information content (AvgIpc) is 2.67. The van der Waals surface area contributed by atoms with E-state index in [1.165, 1.54) is 18.2 Å². The molecule has 0 bridgehead atoms. The van der Waals surface area contributed by atoms with Gasteiger partial charge in [-0.2, -0.15) is 13.2 Å². The van der Waals surface area contributed by atoms with E-state index < -0.39 is 51.4 Å². The van der Waals surface area contributed by atoms with Crippen LogP contribution in [0.25, 0.3) is 5.69 Å². The van der Waals surface area contributed by atoms with Gasteiger partial charge >= 0.3 is 17.8 Å². The van der Waals surface area contributed by atoms with Crippen molar-refractivity contribution in [1.29, 1.82) is 0 Å². The number of nitrogens with zero attached hydrogens (tertiary/aromatic N) is 2. The molecular weight excluding hydrogens is 503 g/mol. The van der Waals surface area contributed by atoms with Gasteiger partial charge in [0.25, 0.3) is 5.56 Å². The molecule has 0 saturated heterocycles. The molecule has 0 N–H and O–H groups in total. The number of carbonyl (C=O) groups excluding carboxylic acids is 1. The van der Waals surface area contributed by atoms with E-state index in [-0.39, 0.29) is 30.8 Å². The Bertz CT molecular complexity index is 1370. The van der Waals surface area contributed by atoms with Crippen molar-refractivity contribution in [1.82, 2.24) is 9.13 Å². The molecule has 0 saturated carbocycles. The lowest BCUT2D eigenvalue weighted by atomic mass is 10.2. The van der Waals surface area contributed by atoms with Gasteiger partial charge in [0.05, 0.1) is 21.3 Å². The van der Waals surface area contributed by atoms with Crippen LogP contribution in [0.15, 0.2) is 46.0 Å². The molecule has 0 amide bonds. The molecule has 1 heterocycles. The van der Waals surface area contributed by atoms with Crippen LogP contribution in [0.2, 0.25) is 15.1 Å². The number of hydrogen-bond acceptors (Lipinski definition) is 4. The van der Waals surface area contributed by atoms with Crippen LogP contribution in [0.1, 0.15) is 16.1 Å². The molecule has 0 atom stereocenters.